The predicted octanol–water partition coefficient (Wildman–Crippen LogP) is 4.76. The summed E-state index contributed by atoms with van der Waals surface area (Å²) < 4.78 is 43.9. The summed E-state index contributed by atoms with van der Waals surface area (Å²) in [6.07, 6.45) is 1.08. The predicted molar refractivity (Wildman–Crippen MR) is 169 cm³/mol. The Labute approximate surface area is 255 Å². The van der Waals surface area contributed by atoms with Crippen LogP contribution in [0.2, 0.25) is 0 Å². The second kappa shape index (κ2) is 14.0. The second-order valence-electron chi connectivity index (χ2n) is 12.2. The zero-order valence-corrected chi connectivity index (χ0v) is 26.5. The minimum absolute atomic E-state index is 0.0764. The van der Waals surface area contributed by atoms with Crippen LogP contribution < -0.4 is 5.73 Å². The Bertz CT molecular complexity index is 1430. The van der Waals surface area contributed by atoms with Gasteiger partial charge in [0.1, 0.15) is 12.0 Å². The highest BCUT2D eigenvalue weighted by Crippen LogP contribution is 2.40. The largest absolute Gasteiger partial charge is 0.328 e. The lowest BCUT2D eigenvalue weighted by molar-refractivity contribution is 0.0615. The molecule has 3 aromatic rings. The monoisotopic (exact) mass is 612 g/mol. The Morgan fingerprint density at radius 1 is 1.02 bits per heavy atom. The molecule has 2 aromatic carbocycles. The van der Waals surface area contributed by atoms with Crippen LogP contribution in [0.25, 0.3) is 11.3 Å². The number of aromatic nitrogens is 2. The summed E-state index contributed by atoms with van der Waals surface area (Å²) in [7, 11) is -3.38. The average molecular weight is 613 g/mol. The molecule has 2 N–H and O–H groups in total. The number of carbonyl (C=O) groups excluding carboxylic acids is 1. The first-order valence-corrected chi connectivity index (χ1v) is 16.6. The van der Waals surface area contributed by atoms with E-state index < -0.39 is 27.7 Å². The minimum atomic E-state index is -3.38. The first-order chi connectivity index (χ1) is 20.4. The molecule has 0 bridgehead atoms. The van der Waals surface area contributed by atoms with Crippen molar-refractivity contribution in [2.24, 2.45) is 11.1 Å². The summed E-state index contributed by atoms with van der Waals surface area (Å²) in [5.41, 5.74) is 7.97. The molecular weight excluding hydrogens is 567 g/mol. The van der Waals surface area contributed by atoms with E-state index in [2.05, 4.69) is 4.57 Å². The molecule has 43 heavy (non-hydrogen) atoms. The number of halogens is 1. The first-order valence-electron chi connectivity index (χ1n) is 15.0. The minimum Gasteiger partial charge on any atom is -0.328 e. The quantitative estimate of drug-likeness (QED) is 0.336. The number of amides is 2. The molecule has 9 nitrogen and oxygen atoms in total. The van der Waals surface area contributed by atoms with Gasteiger partial charge in [-0.15, -0.1) is 0 Å². The molecule has 1 fully saturated rings. The number of imidazole rings is 1. The highest BCUT2D eigenvalue weighted by atomic mass is 32.2. The molecule has 0 saturated carbocycles. The van der Waals surface area contributed by atoms with E-state index in [1.165, 1.54) is 4.31 Å². The van der Waals surface area contributed by atoms with Gasteiger partial charge in [-0.05, 0) is 17.4 Å². The Balaban J connectivity index is 1.75. The zero-order chi connectivity index (χ0) is 31.2. The highest BCUT2D eigenvalue weighted by molar-refractivity contribution is 7.89. The van der Waals surface area contributed by atoms with E-state index in [0.717, 1.165) is 16.8 Å². The van der Waals surface area contributed by atoms with Gasteiger partial charge in [-0.2, -0.15) is 4.31 Å². The van der Waals surface area contributed by atoms with Crippen molar-refractivity contribution in [3.05, 3.63) is 78.2 Å². The van der Waals surface area contributed by atoms with Crippen LogP contribution in [-0.4, -0.2) is 89.3 Å². The number of hydrogen-bond acceptors (Lipinski definition) is 5. The maximum Gasteiger partial charge on any atom is 0.320 e. The maximum atomic E-state index is 15.1. The SMILES string of the molecule is CCCS(=O)(=O)N1CCN(C(=O)N(C[C@H](F)CN)[C@@H](c2nc(-c3ccccc3)cn2Cc2ccccc2)C(C)(C)C)CC1. The number of rotatable bonds is 11. The van der Waals surface area contributed by atoms with Crippen LogP contribution in [-0.2, 0) is 16.6 Å². The molecule has 0 aliphatic carbocycles. The first kappa shape index (κ1) is 32.6. The molecule has 2 amide bonds. The van der Waals surface area contributed by atoms with Gasteiger partial charge in [0, 0.05) is 51.0 Å². The van der Waals surface area contributed by atoms with E-state index in [0.29, 0.717) is 18.8 Å². The molecule has 0 radical (unpaired) electrons. The van der Waals surface area contributed by atoms with Crippen molar-refractivity contribution < 1.29 is 17.6 Å². The molecule has 2 heterocycles. The van der Waals surface area contributed by atoms with E-state index in [1.807, 2.05) is 94.6 Å². The van der Waals surface area contributed by atoms with E-state index in [4.69, 9.17) is 10.7 Å². The fraction of sp³-hybridized carbons (Fsp3) is 0.500. The molecule has 1 aliphatic rings. The van der Waals surface area contributed by atoms with Crippen LogP contribution >= 0.6 is 0 Å². The van der Waals surface area contributed by atoms with Crippen LogP contribution in [0.5, 0.6) is 0 Å². The number of nitrogens with zero attached hydrogens (tertiary/aromatic N) is 5. The van der Waals surface area contributed by atoms with Crippen LogP contribution in [0.1, 0.15) is 51.5 Å². The number of urea groups is 1. The van der Waals surface area contributed by atoms with Crippen molar-refractivity contribution in [3.63, 3.8) is 0 Å². The van der Waals surface area contributed by atoms with Crippen LogP contribution in [0.4, 0.5) is 9.18 Å². The lowest BCUT2D eigenvalue weighted by Crippen LogP contribution is -2.57. The van der Waals surface area contributed by atoms with Crippen molar-refractivity contribution in [1.29, 1.82) is 0 Å². The van der Waals surface area contributed by atoms with Gasteiger partial charge >= 0.3 is 6.03 Å². The van der Waals surface area contributed by atoms with E-state index >= 15 is 4.39 Å². The Morgan fingerprint density at radius 2 is 1.63 bits per heavy atom. The summed E-state index contributed by atoms with van der Waals surface area (Å²) in [4.78, 5) is 22.6. The van der Waals surface area contributed by atoms with Gasteiger partial charge in [-0.3, -0.25) is 0 Å². The van der Waals surface area contributed by atoms with Crippen LogP contribution in [0, 0.1) is 5.41 Å². The van der Waals surface area contributed by atoms with Gasteiger partial charge in [0.2, 0.25) is 10.0 Å². The highest BCUT2D eigenvalue weighted by Gasteiger charge is 2.41. The molecule has 1 saturated heterocycles. The number of sulfonamides is 1. The number of hydrogen-bond donors (Lipinski definition) is 1. The van der Waals surface area contributed by atoms with Gasteiger partial charge in [0.15, 0.2) is 0 Å². The fourth-order valence-corrected chi connectivity index (χ4v) is 7.10. The third-order valence-corrected chi connectivity index (χ3v) is 9.79. The smallest absolute Gasteiger partial charge is 0.320 e. The number of carbonyl (C=O) groups is 1. The topological polar surface area (TPSA) is 105 Å². The standard InChI is InChI=1S/C32H45FN6O3S/c1-5-20-43(41,42)38-18-16-36(17-19-38)31(40)39(23-27(33)21-34)29(32(2,3)4)30-35-28(26-14-10-7-11-15-26)24-37(30)22-25-12-8-6-9-13-25/h6-15,24,27,29H,5,16-23,34H2,1-4H3/t27-,29+/m1/s1. The molecule has 0 spiro atoms. The van der Waals surface area contributed by atoms with Crippen molar-refractivity contribution in [3.8, 4) is 11.3 Å². The lowest BCUT2D eigenvalue weighted by atomic mass is 9.84. The van der Waals surface area contributed by atoms with Gasteiger partial charge in [0.05, 0.1) is 24.0 Å². The molecule has 234 valence electrons. The Kier molecular flexibility index (Phi) is 10.6. The molecule has 4 rings (SSSR count). The van der Waals surface area contributed by atoms with Crippen molar-refractivity contribution >= 4 is 16.1 Å². The Hall–Kier alpha value is -3.28. The molecule has 1 aromatic heterocycles. The van der Waals surface area contributed by atoms with Crippen molar-refractivity contribution in [2.75, 3.05) is 45.0 Å². The molecular formula is C32H45FN6O3S. The Morgan fingerprint density at radius 3 is 2.19 bits per heavy atom. The summed E-state index contributed by atoms with van der Waals surface area (Å²) in [6.45, 7) is 8.85. The third kappa shape index (κ3) is 8.01. The van der Waals surface area contributed by atoms with E-state index in [1.54, 1.807) is 9.80 Å². The second-order valence-corrected chi connectivity index (χ2v) is 14.3. The molecule has 0 unspecified atom stereocenters. The summed E-state index contributed by atoms with van der Waals surface area (Å²) >= 11 is 0. The normalized spacial score (nSPS) is 16.2. The van der Waals surface area contributed by atoms with Crippen LogP contribution in [0.15, 0.2) is 66.9 Å². The van der Waals surface area contributed by atoms with E-state index in [9.17, 15) is 13.2 Å². The summed E-state index contributed by atoms with van der Waals surface area (Å²) in [6, 6.07) is 18.9. The molecule has 11 heteroatoms. The summed E-state index contributed by atoms with van der Waals surface area (Å²) in [5, 5.41) is 0. The fourth-order valence-electron chi connectivity index (χ4n) is 5.61. The van der Waals surface area contributed by atoms with Gasteiger partial charge < -0.3 is 20.1 Å². The van der Waals surface area contributed by atoms with Gasteiger partial charge in [0.25, 0.3) is 0 Å². The van der Waals surface area contributed by atoms with Crippen LogP contribution in [0.3, 0.4) is 0 Å². The molecule has 2 atom stereocenters. The van der Waals surface area contributed by atoms with E-state index in [-0.39, 0.29) is 51.1 Å². The van der Waals surface area contributed by atoms with Crippen molar-refractivity contribution in [2.45, 2.75) is 52.9 Å². The number of piperazine rings is 1. The van der Waals surface area contributed by atoms with Gasteiger partial charge in [-0.25, -0.2) is 22.6 Å². The van der Waals surface area contributed by atoms with Crippen molar-refractivity contribution in [1.82, 2.24) is 23.7 Å². The molecule has 1 aliphatic heterocycles. The average Bonchev–Trinajstić information content (AvgIpc) is 3.39. The number of nitrogens with two attached hydrogens (primary N) is 1. The number of alkyl halides is 1. The van der Waals surface area contributed by atoms with Gasteiger partial charge in [-0.1, -0.05) is 88.4 Å². The third-order valence-electron chi connectivity index (χ3n) is 7.71. The zero-order valence-electron chi connectivity index (χ0n) is 25.7. The lowest BCUT2D eigenvalue weighted by Gasteiger charge is -2.44. The maximum absolute atomic E-state index is 15.1. The summed E-state index contributed by atoms with van der Waals surface area (Å²) in [5.74, 6) is 0.726. The number of benzene rings is 2.